The summed E-state index contributed by atoms with van der Waals surface area (Å²) in [4.78, 5) is 23.9. The van der Waals surface area contributed by atoms with E-state index < -0.39 is 0 Å². The van der Waals surface area contributed by atoms with E-state index in [2.05, 4.69) is 6.92 Å². The summed E-state index contributed by atoms with van der Waals surface area (Å²) in [5, 5.41) is 0. The molecule has 0 atom stereocenters. The Morgan fingerprint density at radius 3 is 1.86 bits per heavy atom. The summed E-state index contributed by atoms with van der Waals surface area (Å²) in [7, 11) is 0. The van der Waals surface area contributed by atoms with Gasteiger partial charge in [-0.3, -0.25) is 9.59 Å². The van der Waals surface area contributed by atoms with Gasteiger partial charge in [0.2, 0.25) is 5.75 Å². The number of carbonyl (C=O) groups is 2. The van der Waals surface area contributed by atoms with E-state index in [1.54, 1.807) is 18.2 Å². The fourth-order valence-electron chi connectivity index (χ4n) is 2.96. The highest BCUT2D eigenvalue weighted by Gasteiger charge is 2.18. The largest absolute Gasteiger partial charge is 0.490 e. The Morgan fingerprint density at radius 1 is 0.690 bits per heavy atom. The highest BCUT2D eigenvalue weighted by molar-refractivity contribution is 5.77. The molecule has 5 nitrogen and oxygen atoms in total. The lowest BCUT2D eigenvalue weighted by molar-refractivity contribution is -0.137. The Bertz CT molecular complexity index is 597. The molecule has 0 bridgehead atoms. The quantitative estimate of drug-likeness (QED) is 0.175. The summed E-state index contributed by atoms with van der Waals surface area (Å²) in [6.07, 6.45) is 11.7. The fourth-order valence-corrected chi connectivity index (χ4v) is 2.96. The molecule has 0 unspecified atom stereocenters. The predicted molar refractivity (Wildman–Crippen MR) is 116 cm³/mol. The van der Waals surface area contributed by atoms with Crippen molar-refractivity contribution in [3.8, 4) is 17.2 Å². The van der Waals surface area contributed by atoms with Gasteiger partial charge in [-0.25, -0.2) is 0 Å². The number of unbranched alkanes of at least 4 members (excludes halogenated alkanes) is 7. The average Bonchev–Trinajstić information content (AvgIpc) is 2.69. The van der Waals surface area contributed by atoms with Crippen molar-refractivity contribution >= 4 is 11.9 Å². The maximum atomic E-state index is 12.0. The Balaban J connectivity index is 2.62. The van der Waals surface area contributed by atoms with E-state index in [4.69, 9.17) is 14.2 Å². The van der Waals surface area contributed by atoms with Crippen LogP contribution in [0.15, 0.2) is 18.2 Å². The molecule has 0 N–H and O–H groups in total. The molecule has 0 spiro atoms. The van der Waals surface area contributed by atoms with Crippen LogP contribution in [0.1, 0.15) is 97.8 Å². The number of esters is 2. The lowest BCUT2D eigenvalue weighted by Gasteiger charge is -2.15. The Kier molecular flexibility index (Phi) is 13.6. The summed E-state index contributed by atoms with van der Waals surface area (Å²) < 4.78 is 16.8. The van der Waals surface area contributed by atoms with Crippen LogP contribution in [0.3, 0.4) is 0 Å². The molecule has 1 rings (SSSR count). The summed E-state index contributed by atoms with van der Waals surface area (Å²) in [6.45, 7) is 6.59. The van der Waals surface area contributed by atoms with Gasteiger partial charge in [0.05, 0.1) is 6.61 Å². The molecule has 0 amide bonds. The van der Waals surface area contributed by atoms with Crippen molar-refractivity contribution < 1.29 is 23.8 Å². The molecular weight excluding hydrogens is 368 g/mol. The molecule has 164 valence electrons. The monoisotopic (exact) mass is 406 g/mol. The summed E-state index contributed by atoms with van der Waals surface area (Å²) >= 11 is 0. The van der Waals surface area contributed by atoms with E-state index in [0.29, 0.717) is 38.0 Å². The molecule has 0 fully saturated rings. The average molecular weight is 407 g/mol. The van der Waals surface area contributed by atoms with Crippen molar-refractivity contribution in [1.29, 1.82) is 0 Å². The van der Waals surface area contributed by atoms with Crippen LogP contribution in [0.4, 0.5) is 0 Å². The van der Waals surface area contributed by atoms with Crippen LogP contribution in [0.2, 0.25) is 0 Å². The first-order valence-electron chi connectivity index (χ1n) is 11.3. The van der Waals surface area contributed by atoms with Gasteiger partial charge in [-0.2, -0.15) is 0 Å². The van der Waals surface area contributed by atoms with Crippen LogP contribution >= 0.6 is 0 Å². The number of rotatable bonds is 16. The van der Waals surface area contributed by atoms with E-state index in [-0.39, 0.29) is 23.4 Å². The van der Waals surface area contributed by atoms with Crippen molar-refractivity contribution in [3.05, 3.63) is 18.2 Å². The molecule has 0 aliphatic carbocycles. The van der Waals surface area contributed by atoms with Gasteiger partial charge in [-0.15, -0.1) is 0 Å². The van der Waals surface area contributed by atoms with Gasteiger partial charge >= 0.3 is 11.9 Å². The van der Waals surface area contributed by atoms with Gasteiger partial charge in [0.1, 0.15) is 0 Å². The molecule has 0 heterocycles. The van der Waals surface area contributed by atoms with Crippen molar-refractivity contribution in [1.82, 2.24) is 0 Å². The van der Waals surface area contributed by atoms with Crippen molar-refractivity contribution in [2.45, 2.75) is 97.8 Å². The Morgan fingerprint density at radius 2 is 1.24 bits per heavy atom. The SMILES string of the molecule is CCCCCCCCCCOc1cccc(OC(=O)CCC)c1OC(=O)CCC. The second-order valence-electron chi connectivity index (χ2n) is 7.35. The molecule has 0 aliphatic rings. The van der Waals surface area contributed by atoms with Crippen LogP contribution < -0.4 is 14.2 Å². The molecule has 1 aromatic carbocycles. The second-order valence-corrected chi connectivity index (χ2v) is 7.35. The zero-order chi connectivity index (χ0) is 21.3. The number of hydrogen-bond donors (Lipinski definition) is 0. The number of para-hydroxylation sites is 1. The van der Waals surface area contributed by atoms with E-state index in [1.807, 2.05) is 13.8 Å². The lowest BCUT2D eigenvalue weighted by Crippen LogP contribution is -2.13. The van der Waals surface area contributed by atoms with E-state index in [1.165, 1.54) is 38.5 Å². The standard InChI is InChI=1S/C24H38O5/c1-4-7-8-9-10-11-12-13-19-27-20-17-14-18-21(28-22(25)15-5-2)24(20)29-23(26)16-6-3/h14,17-18H,4-13,15-16,19H2,1-3H3. The molecule has 0 saturated heterocycles. The van der Waals surface area contributed by atoms with Gasteiger partial charge < -0.3 is 14.2 Å². The zero-order valence-corrected chi connectivity index (χ0v) is 18.5. The summed E-state index contributed by atoms with van der Waals surface area (Å²) in [5.74, 6) is 0.180. The maximum Gasteiger partial charge on any atom is 0.311 e. The van der Waals surface area contributed by atoms with E-state index in [9.17, 15) is 9.59 Å². The lowest BCUT2D eigenvalue weighted by atomic mass is 10.1. The maximum absolute atomic E-state index is 12.0. The number of carbonyl (C=O) groups excluding carboxylic acids is 2. The van der Waals surface area contributed by atoms with Gasteiger partial charge in [-0.1, -0.05) is 71.8 Å². The molecular formula is C24H38O5. The van der Waals surface area contributed by atoms with E-state index in [0.717, 1.165) is 12.8 Å². The first-order valence-corrected chi connectivity index (χ1v) is 11.3. The second kappa shape index (κ2) is 15.8. The summed E-state index contributed by atoms with van der Waals surface area (Å²) in [5.41, 5.74) is 0. The zero-order valence-electron chi connectivity index (χ0n) is 18.5. The number of benzene rings is 1. The van der Waals surface area contributed by atoms with Gasteiger partial charge in [0.15, 0.2) is 11.5 Å². The van der Waals surface area contributed by atoms with Crippen molar-refractivity contribution in [2.75, 3.05) is 6.61 Å². The molecule has 0 aromatic heterocycles. The number of ether oxygens (including phenoxy) is 3. The van der Waals surface area contributed by atoms with Crippen molar-refractivity contribution in [3.63, 3.8) is 0 Å². The minimum Gasteiger partial charge on any atom is -0.490 e. The fraction of sp³-hybridized carbons (Fsp3) is 0.667. The Hall–Kier alpha value is -2.04. The predicted octanol–water partition coefficient (Wildman–Crippen LogP) is 6.62. The van der Waals surface area contributed by atoms with Crippen molar-refractivity contribution in [2.24, 2.45) is 0 Å². The third kappa shape index (κ3) is 10.9. The van der Waals surface area contributed by atoms with Crippen LogP contribution in [-0.4, -0.2) is 18.5 Å². The molecule has 5 heteroatoms. The van der Waals surface area contributed by atoms with Crippen LogP contribution in [0.25, 0.3) is 0 Å². The van der Waals surface area contributed by atoms with Crippen LogP contribution in [-0.2, 0) is 9.59 Å². The first kappa shape index (κ1) is 25.0. The Labute approximate surface area is 176 Å². The molecule has 29 heavy (non-hydrogen) atoms. The smallest absolute Gasteiger partial charge is 0.311 e. The van der Waals surface area contributed by atoms with Gasteiger partial charge in [0, 0.05) is 12.8 Å². The molecule has 0 saturated carbocycles. The normalized spacial score (nSPS) is 10.6. The van der Waals surface area contributed by atoms with Gasteiger partial charge in [-0.05, 0) is 31.4 Å². The van der Waals surface area contributed by atoms with E-state index >= 15 is 0 Å². The van der Waals surface area contributed by atoms with Gasteiger partial charge in [0.25, 0.3) is 0 Å². The van der Waals surface area contributed by atoms with Crippen LogP contribution in [0.5, 0.6) is 17.2 Å². The summed E-state index contributed by atoms with van der Waals surface area (Å²) in [6, 6.07) is 5.12. The topological polar surface area (TPSA) is 61.8 Å². The number of hydrogen-bond acceptors (Lipinski definition) is 5. The first-order chi connectivity index (χ1) is 14.1. The third-order valence-corrected chi connectivity index (χ3v) is 4.55. The highest BCUT2D eigenvalue weighted by atomic mass is 16.6. The minimum absolute atomic E-state index is 0.204. The van der Waals surface area contributed by atoms with Crippen LogP contribution in [0, 0.1) is 0 Å². The minimum atomic E-state index is -0.358. The molecule has 1 aromatic rings. The molecule has 0 aliphatic heterocycles. The molecule has 0 radical (unpaired) electrons. The third-order valence-electron chi connectivity index (χ3n) is 4.55. The highest BCUT2D eigenvalue weighted by Crippen LogP contribution is 2.38.